The summed E-state index contributed by atoms with van der Waals surface area (Å²) in [5.41, 5.74) is 1.33. The van der Waals surface area contributed by atoms with Crippen molar-refractivity contribution in [2.75, 3.05) is 0 Å². The van der Waals surface area contributed by atoms with Crippen LogP contribution in [0.4, 0.5) is 0 Å². The number of para-hydroxylation sites is 1. The van der Waals surface area contributed by atoms with Crippen LogP contribution in [-0.4, -0.2) is 20.5 Å². The predicted molar refractivity (Wildman–Crippen MR) is 81.3 cm³/mol. The Bertz CT molecular complexity index is 800. The number of ketones is 1. The van der Waals surface area contributed by atoms with Gasteiger partial charge in [-0.25, -0.2) is 9.67 Å². The van der Waals surface area contributed by atoms with E-state index in [2.05, 4.69) is 10.1 Å². The first-order valence-corrected chi connectivity index (χ1v) is 6.87. The van der Waals surface area contributed by atoms with Gasteiger partial charge < -0.3 is 0 Å². The molecular weight excluding hydrogens is 309 g/mol. The number of pyridine rings is 1. The Morgan fingerprint density at radius 2 is 1.86 bits per heavy atom. The molecule has 0 saturated carbocycles. The molecule has 104 valence electrons. The van der Waals surface area contributed by atoms with Crippen molar-refractivity contribution >= 4 is 29.0 Å². The highest BCUT2D eigenvalue weighted by atomic mass is 35.5. The van der Waals surface area contributed by atoms with Gasteiger partial charge in [-0.3, -0.25) is 4.79 Å². The van der Waals surface area contributed by atoms with Crippen molar-refractivity contribution in [3.05, 3.63) is 76.3 Å². The minimum atomic E-state index is -0.307. The molecule has 1 aromatic carbocycles. The largest absolute Gasteiger partial charge is 0.285 e. The van der Waals surface area contributed by atoms with Crippen molar-refractivity contribution in [3.8, 4) is 5.69 Å². The average molecular weight is 318 g/mol. The zero-order chi connectivity index (χ0) is 14.8. The SMILES string of the molecule is O=C(c1ncc(Cl)cc1Cl)c1ccnn1-c1ccccc1. The second-order valence-electron chi connectivity index (χ2n) is 4.28. The standard InChI is InChI=1S/C15H9Cl2N3O/c16-10-8-12(17)14(18-9-10)15(21)13-6-7-19-20(13)11-4-2-1-3-5-11/h1-9H. The number of benzene rings is 1. The molecule has 0 aliphatic carbocycles. The van der Waals surface area contributed by atoms with Crippen LogP contribution in [0, 0.1) is 0 Å². The fourth-order valence-corrected chi connectivity index (χ4v) is 2.42. The van der Waals surface area contributed by atoms with Crippen LogP contribution < -0.4 is 0 Å². The molecule has 2 aromatic heterocycles. The van der Waals surface area contributed by atoms with Crippen LogP contribution in [0.2, 0.25) is 10.0 Å². The van der Waals surface area contributed by atoms with E-state index in [0.717, 1.165) is 5.69 Å². The molecule has 21 heavy (non-hydrogen) atoms. The Hall–Kier alpha value is -2.17. The fourth-order valence-electron chi connectivity index (χ4n) is 1.95. The third-order valence-corrected chi connectivity index (χ3v) is 3.39. The van der Waals surface area contributed by atoms with Gasteiger partial charge in [-0.1, -0.05) is 41.4 Å². The molecule has 0 aliphatic heterocycles. The summed E-state index contributed by atoms with van der Waals surface area (Å²) in [7, 11) is 0. The molecule has 0 fully saturated rings. The molecule has 3 aromatic rings. The lowest BCUT2D eigenvalue weighted by atomic mass is 10.2. The van der Waals surface area contributed by atoms with Crippen LogP contribution in [0.15, 0.2) is 54.9 Å². The molecule has 3 rings (SSSR count). The fraction of sp³-hybridized carbons (Fsp3) is 0. The highest BCUT2D eigenvalue weighted by molar-refractivity contribution is 6.37. The van der Waals surface area contributed by atoms with E-state index < -0.39 is 0 Å². The predicted octanol–water partition coefficient (Wildman–Crippen LogP) is 3.81. The number of hydrogen-bond acceptors (Lipinski definition) is 3. The highest BCUT2D eigenvalue weighted by Crippen LogP contribution is 2.22. The maximum Gasteiger partial charge on any atom is 0.231 e. The van der Waals surface area contributed by atoms with E-state index in [-0.39, 0.29) is 16.5 Å². The number of hydrogen-bond donors (Lipinski definition) is 0. The smallest absolute Gasteiger partial charge is 0.231 e. The van der Waals surface area contributed by atoms with Gasteiger partial charge in [0, 0.05) is 6.20 Å². The van der Waals surface area contributed by atoms with Crippen LogP contribution in [0.5, 0.6) is 0 Å². The maximum absolute atomic E-state index is 12.6. The Labute approximate surface area is 131 Å². The Kier molecular flexibility index (Phi) is 3.73. The lowest BCUT2D eigenvalue weighted by molar-refractivity contribution is 0.102. The van der Waals surface area contributed by atoms with Gasteiger partial charge >= 0.3 is 0 Å². The minimum Gasteiger partial charge on any atom is -0.285 e. The summed E-state index contributed by atoms with van der Waals surface area (Å²) < 4.78 is 1.55. The van der Waals surface area contributed by atoms with Gasteiger partial charge in [0.1, 0.15) is 11.4 Å². The number of aromatic nitrogens is 3. The summed E-state index contributed by atoms with van der Waals surface area (Å²) in [6.07, 6.45) is 2.95. The van der Waals surface area contributed by atoms with Crippen LogP contribution in [-0.2, 0) is 0 Å². The third-order valence-electron chi connectivity index (χ3n) is 2.90. The zero-order valence-corrected chi connectivity index (χ0v) is 12.2. The Morgan fingerprint density at radius 1 is 1.10 bits per heavy atom. The van der Waals surface area contributed by atoms with E-state index in [1.54, 1.807) is 16.9 Å². The van der Waals surface area contributed by atoms with Crippen LogP contribution in [0.3, 0.4) is 0 Å². The zero-order valence-electron chi connectivity index (χ0n) is 10.7. The molecule has 0 aliphatic rings. The monoisotopic (exact) mass is 317 g/mol. The number of carbonyl (C=O) groups is 1. The third kappa shape index (κ3) is 2.68. The van der Waals surface area contributed by atoms with Gasteiger partial charge in [0.2, 0.25) is 5.78 Å². The second-order valence-corrected chi connectivity index (χ2v) is 5.12. The summed E-state index contributed by atoms with van der Waals surface area (Å²) in [5, 5.41) is 4.78. The van der Waals surface area contributed by atoms with Gasteiger partial charge in [0.25, 0.3) is 0 Å². The van der Waals surface area contributed by atoms with E-state index in [4.69, 9.17) is 23.2 Å². The average Bonchev–Trinajstić information content (AvgIpc) is 2.97. The maximum atomic E-state index is 12.6. The van der Waals surface area contributed by atoms with E-state index in [0.29, 0.717) is 10.7 Å². The molecule has 0 saturated heterocycles. The summed E-state index contributed by atoms with van der Waals surface area (Å²) in [6, 6.07) is 12.5. The first kappa shape index (κ1) is 13.8. The first-order chi connectivity index (χ1) is 10.2. The highest BCUT2D eigenvalue weighted by Gasteiger charge is 2.19. The van der Waals surface area contributed by atoms with Gasteiger partial charge in [-0.05, 0) is 24.3 Å². The van der Waals surface area contributed by atoms with Crippen molar-refractivity contribution in [3.63, 3.8) is 0 Å². The molecule has 0 amide bonds. The van der Waals surface area contributed by atoms with Gasteiger partial charge in [-0.15, -0.1) is 0 Å². The number of nitrogens with zero attached hydrogens (tertiary/aromatic N) is 3. The second kappa shape index (κ2) is 5.68. The Morgan fingerprint density at radius 3 is 2.57 bits per heavy atom. The topological polar surface area (TPSA) is 47.8 Å². The quantitative estimate of drug-likeness (QED) is 0.690. The van der Waals surface area contributed by atoms with Crippen LogP contribution in [0.25, 0.3) is 5.69 Å². The van der Waals surface area contributed by atoms with E-state index in [1.165, 1.54) is 12.3 Å². The summed E-state index contributed by atoms with van der Waals surface area (Å²) >= 11 is 11.8. The number of carbonyl (C=O) groups excluding carboxylic acids is 1. The van der Waals surface area contributed by atoms with Crippen molar-refractivity contribution in [2.45, 2.75) is 0 Å². The summed E-state index contributed by atoms with van der Waals surface area (Å²) in [5.74, 6) is -0.307. The minimum absolute atomic E-state index is 0.152. The van der Waals surface area contributed by atoms with Crippen LogP contribution in [0.1, 0.15) is 16.2 Å². The molecule has 0 unspecified atom stereocenters. The van der Waals surface area contributed by atoms with Crippen molar-refractivity contribution in [1.29, 1.82) is 0 Å². The van der Waals surface area contributed by atoms with Crippen molar-refractivity contribution in [2.24, 2.45) is 0 Å². The van der Waals surface area contributed by atoms with E-state index in [9.17, 15) is 4.79 Å². The molecule has 0 bridgehead atoms. The molecule has 0 spiro atoms. The normalized spacial score (nSPS) is 10.6. The number of halogens is 2. The van der Waals surface area contributed by atoms with E-state index in [1.807, 2.05) is 30.3 Å². The first-order valence-electron chi connectivity index (χ1n) is 6.12. The molecule has 2 heterocycles. The summed E-state index contributed by atoms with van der Waals surface area (Å²) in [6.45, 7) is 0. The molecule has 0 N–H and O–H groups in total. The summed E-state index contributed by atoms with van der Waals surface area (Å²) in [4.78, 5) is 16.6. The molecular formula is C15H9Cl2N3O. The van der Waals surface area contributed by atoms with Crippen molar-refractivity contribution in [1.82, 2.24) is 14.8 Å². The lowest BCUT2D eigenvalue weighted by Crippen LogP contribution is -2.11. The molecule has 0 radical (unpaired) electrons. The van der Waals surface area contributed by atoms with E-state index >= 15 is 0 Å². The Balaban J connectivity index is 2.06. The number of rotatable bonds is 3. The molecule has 6 heteroatoms. The molecule has 4 nitrogen and oxygen atoms in total. The van der Waals surface area contributed by atoms with Gasteiger partial charge in [-0.2, -0.15) is 5.10 Å². The lowest BCUT2D eigenvalue weighted by Gasteiger charge is -2.07. The van der Waals surface area contributed by atoms with Crippen molar-refractivity contribution < 1.29 is 4.79 Å². The molecule has 0 atom stereocenters. The van der Waals surface area contributed by atoms with Gasteiger partial charge in [0.05, 0.1) is 21.9 Å². The van der Waals surface area contributed by atoms with Gasteiger partial charge in [0.15, 0.2) is 0 Å². The van der Waals surface area contributed by atoms with Crippen LogP contribution >= 0.6 is 23.2 Å².